The summed E-state index contributed by atoms with van der Waals surface area (Å²) in [6, 6.07) is 1.27. The van der Waals surface area contributed by atoms with E-state index in [2.05, 4.69) is 30.6 Å². The van der Waals surface area contributed by atoms with E-state index in [1.807, 2.05) is 0 Å². The van der Waals surface area contributed by atoms with E-state index in [-0.39, 0.29) is 6.61 Å². The number of hydrogen-bond donors (Lipinski definition) is 1. The van der Waals surface area contributed by atoms with E-state index in [1.54, 1.807) is 0 Å². The van der Waals surface area contributed by atoms with Crippen molar-refractivity contribution < 1.29 is 5.11 Å². The van der Waals surface area contributed by atoms with Crippen LogP contribution in [0, 0.1) is 0 Å². The van der Waals surface area contributed by atoms with E-state index in [1.165, 1.54) is 0 Å². The molecule has 0 aromatic rings. The maximum Gasteiger partial charge on any atom is 0.0558 e. The Kier molecular flexibility index (Phi) is 4.16. The SMILES string of the molecule is CC(C)N1CCN(CCO)C[C@H]1C. The number of β-amino-alcohol motifs (C(OH)–C–C–N with tert-alkyl or cyclic N) is 1. The lowest BCUT2D eigenvalue weighted by Crippen LogP contribution is -2.54. The molecule has 0 radical (unpaired) electrons. The summed E-state index contributed by atoms with van der Waals surface area (Å²) in [7, 11) is 0. The van der Waals surface area contributed by atoms with Crippen LogP contribution >= 0.6 is 0 Å². The van der Waals surface area contributed by atoms with Crippen LogP contribution in [0.3, 0.4) is 0 Å². The van der Waals surface area contributed by atoms with Gasteiger partial charge < -0.3 is 5.11 Å². The summed E-state index contributed by atoms with van der Waals surface area (Å²) < 4.78 is 0. The smallest absolute Gasteiger partial charge is 0.0558 e. The summed E-state index contributed by atoms with van der Waals surface area (Å²) in [6.45, 7) is 11.2. The zero-order chi connectivity index (χ0) is 9.84. The molecule has 0 aliphatic carbocycles. The number of rotatable bonds is 3. The fraction of sp³-hybridized carbons (Fsp3) is 1.00. The molecule has 1 fully saturated rings. The van der Waals surface area contributed by atoms with Gasteiger partial charge in [-0.25, -0.2) is 0 Å². The van der Waals surface area contributed by atoms with E-state index in [4.69, 9.17) is 5.11 Å². The first kappa shape index (κ1) is 11.0. The van der Waals surface area contributed by atoms with E-state index in [0.29, 0.717) is 12.1 Å². The molecule has 0 amide bonds. The van der Waals surface area contributed by atoms with Gasteiger partial charge in [0.15, 0.2) is 0 Å². The zero-order valence-electron chi connectivity index (χ0n) is 9.03. The molecule has 1 atom stereocenters. The Labute approximate surface area is 81.3 Å². The molecule has 0 saturated carbocycles. The third-order valence-electron chi connectivity index (χ3n) is 2.84. The second-order valence-corrected chi connectivity index (χ2v) is 4.20. The van der Waals surface area contributed by atoms with Gasteiger partial charge in [0.1, 0.15) is 0 Å². The number of aliphatic hydroxyl groups is 1. The van der Waals surface area contributed by atoms with E-state index >= 15 is 0 Å². The monoisotopic (exact) mass is 186 g/mol. The molecule has 0 bridgehead atoms. The molecule has 78 valence electrons. The van der Waals surface area contributed by atoms with Crippen LogP contribution in [0.4, 0.5) is 0 Å². The van der Waals surface area contributed by atoms with Crippen LogP contribution in [0.25, 0.3) is 0 Å². The molecule has 0 spiro atoms. The molecule has 0 aromatic carbocycles. The van der Waals surface area contributed by atoms with E-state index in [0.717, 1.165) is 26.2 Å². The predicted molar refractivity (Wildman–Crippen MR) is 54.8 cm³/mol. The normalized spacial score (nSPS) is 27.0. The molecule has 0 aromatic heterocycles. The molecule has 1 heterocycles. The van der Waals surface area contributed by atoms with Crippen molar-refractivity contribution in [1.82, 2.24) is 9.80 Å². The summed E-state index contributed by atoms with van der Waals surface area (Å²) in [5.74, 6) is 0. The van der Waals surface area contributed by atoms with Crippen LogP contribution in [0.1, 0.15) is 20.8 Å². The Balaban J connectivity index is 2.37. The Bertz CT molecular complexity index is 150. The lowest BCUT2D eigenvalue weighted by Gasteiger charge is -2.41. The van der Waals surface area contributed by atoms with Crippen LogP contribution in [0.15, 0.2) is 0 Å². The minimum absolute atomic E-state index is 0.286. The van der Waals surface area contributed by atoms with Crippen LogP contribution in [0.5, 0.6) is 0 Å². The maximum absolute atomic E-state index is 8.82. The van der Waals surface area contributed by atoms with Crippen molar-refractivity contribution in [2.24, 2.45) is 0 Å². The lowest BCUT2D eigenvalue weighted by molar-refractivity contribution is 0.0514. The fourth-order valence-corrected chi connectivity index (χ4v) is 2.16. The Morgan fingerprint density at radius 3 is 2.54 bits per heavy atom. The van der Waals surface area contributed by atoms with Crippen LogP contribution in [0.2, 0.25) is 0 Å². The van der Waals surface area contributed by atoms with Crippen LogP contribution in [-0.2, 0) is 0 Å². The third-order valence-corrected chi connectivity index (χ3v) is 2.84. The molecular formula is C10H22N2O. The van der Waals surface area contributed by atoms with E-state index < -0.39 is 0 Å². The highest BCUT2D eigenvalue weighted by atomic mass is 16.3. The molecule has 1 N–H and O–H groups in total. The Morgan fingerprint density at radius 2 is 2.08 bits per heavy atom. The van der Waals surface area contributed by atoms with Gasteiger partial charge in [-0.1, -0.05) is 0 Å². The quantitative estimate of drug-likeness (QED) is 0.691. The average molecular weight is 186 g/mol. The minimum Gasteiger partial charge on any atom is -0.395 e. The topological polar surface area (TPSA) is 26.7 Å². The van der Waals surface area contributed by atoms with Crippen molar-refractivity contribution in [3.05, 3.63) is 0 Å². The van der Waals surface area contributed by atoms with Crippen LogP contribution < -0.4 is 0 Å². The van der Waals surface area contributed by atoms with Crippen LogP contribution in [-0.4, -0.2) is 59.8 Å². The number of piperazine rings is 1. The van der Waals surface area contributed by atoms with Crippen molar-refractivity contribution in [1.29, 1.82) is 0 Å². The van der Waals surface area contributed by atoms with Crippen molar-refractivity contribution >= 4 is 0 Å². The van der Waals surface area contributed by atoms with Crippen molar-refractivity contribution in [3.63, 3.8) is 0 Å². The van der Waals surface area contributed by atoms with Gasteiger partial charge in [0.2, 0.25) is 0 Å². The first-order valence-electron chi connectivity index (χ1n) is 5.24. The molecule has 1 saturated heterocycles. The number of aliphatic hydroxyl groups excluding tert-OH is 1. The molecule has 1 aliphatic rings. The predicted octanol–water partition coefficient (Wildman–Crippen LogP) is 0.393. The minimum atomic E-state index is 0.286. The summed E-state index contributed by atoms with van der Waals surface area (Å²) in [6.07, 6.45) is 0. The molecule has 3 nitrogen and oxygen atoms in total. The van der Waals surface area contributed by atoms with Gasteiger partial charge in [-0.2, -0.15) is 0 Å². The van der Waals surface area contributed by atoms with Gasteiger partial charge in [0.05, 0.1) is 6.61 Å². The lowest BCUT2D eigenvalue weighted by atomic mass is 10.1. The average Bonchev–Trinajstić information content (AvgIpc) is 2.04. The standard InChI is InChI=1S/C10H22N2O/c1-9(2)12-5-4-11(6-7-13)8-10(12)3/h9-10,13H,4-8H2,1-3H3/t10-/m1/s1. The highest BCUT2D eigenvalue weighted by Gasteiger charge is 2.24. The highest BCUT2D eigenvalue weighted by Crippen LogP contribution is 2.11. The summed E-state index contributed by atoms with van der Waals surface area (Å²) >= 11 is 0. The van der Waals surface area contributed by atoms with E-state index in [9.17, 15) is 0 Å². The summed E-state index contributed by atoms with van der Waals surface area (Å²) in [4.78, 5) is 4.86. The molecule has 0 unspecified atom stereocenters. The molecular weight excluding hydrogens is 164 g/mol. The van der Waals surface area contributed by atoms with Gasteiger partial charge in [0, 0.05) is 38.3 Å². The molecule has 3 heteroatoms. The second-order valence-electron chi connectivity index (χ2n) is 4.20. The summed E-state index contributed by atoms with van der Waals surface area (Å²) in [5.41, 5.74) is 0. The Morgan fingerprint density at radius 1 is 1.38 bits per heavy atom. The van der Waals surface area contributed by atoms with Crippen molar-refractivity contribution in [3.8, 4) is 0 Å². The molecule has 13 heavy (non-hydrogen) atoms. The molecule has 1 aliphatic heterocycles. The highest BCUT2D eigenvalue weighted by molar-refractivity contribution is 4.80. The van der Waals surface area contributed by atoms with Gasteiger partial charge in [-0.15, -0.1) is 0 Å². The summed E-state index contributed by atoms with van der Waals surface area (Å²) in [5, 5.41) is 8.82. The Hall–Kier alpha value is -0.120. The van der Waals surface area contributed by atoms with Gasteiger partial charge >= 0.3 is 0 Å². The second kappa shape index (κ2) is 4.94. The van der Waals surface area contributed by atoms with Gasteiger partial charge in [-0.05, 0) is 20.8 Å². The first-order valence-corrected chi connectivity index (χ1v) is 5.24. The van der Waals surface area contributed by atoms with Gasteiger partial charge in [0.25, 0.3) is 0 Å². The van der Waals surface area contributed by atoms with Gasteiger partial charge in [-0.3, -0.25) is 9.80 Å². The van der Waals surface area contributed by atoms with Crippen molar-refractivity contribution in [2.45, 2.75) is 32.9 Å². The third kappa shape index (κ3) is 2.93. The number of nitrogens with zero attached hydrogens (tertiary/aromatic N) is 2. The largest absolute Gasteiger partial charge is 0.395 e. The first-order chi connectivity index (χ1) is 6.15. The maximum atomic E-state index is 8.82. The van der Waals surface area contributed by atoms with Crippen molar-refractivity contribution in [2.75, 3.05) is 32.8 Å². The number of hydrogen-bond acceptors (Lipinski definition) is 3. The fourth-order valence-electron chi connectivity index (χ4n) is 2.16. The zero-order valence-corrected chi connectivity index (χ0v) is 9.03. The molecule has 1 rings (SSSR count).